The van der Waals surface area contributed by atoms with Gasteiger partial charge < -0.3 is 15.0 Å². The first-order valence-corrected chi connectivity index (χ1v) is 15.7. The number of carbonyl (C=O) groups excluding carboxylic acids is 3. The predicted octanol–water partition coefficient (Wildman–Crippen LogP) is 7.82. The summed E-state index contributed by atoms with van der Waals surface area (Å²) in [6.07, 6.45) is 3.56. The largest absolute Gasteiger partial charge is 0.488 e. The van der Waals surface area contributed by atoms with Crippen LogP contribution in [0.15, 0.2) is 70.5 Å². The zero-order chi connectivity index (χ0) is 29.5. The van der Waals surface area contributed by atoms with E-state index < -0.39 is 17.1 Å². The first-order valence-electron chi connectivity index (χ1n) is 12.9. The highest BCUT2D eigenvalue weighted by atomic mass is 35.5. The molecule has 3 amide bonds. The minimum absolute atomic E-state index is 0.179. The van der Waals surface area contributed by atoms with Crippen molar-refractivity contribution in [2.75, 3.05) is 36.1 Å². The highest BCUT2D eigenvalue weighted by Crippen LogP contribution is 2.36. The fourth-order valence-corrected chi connectivity index (χ4v) is 5.92. The number of imide groups is 1. The molecule has 0 saturated carbocycles. The monoisotopic (exact) mass is 629 g/mol. The normalized spacial score (nSPS) is 14.1. The number of nitrogens with one attached hydrogen (secondary N) is 1. The third-order valence-corrected chi connectivity index (χ3v) is 8.56. The molecule has 7 nitrogen and oxygen atoms in total. The average molecular weight is 631 g/mol. The van der Waals surface area contributed by atoms with Gasteiger partial charge in [0, 0.05) is 56.6 Å². The summed E-state index contributed by atoms with van der Waals surface area (Å²) >= 11 is 14.7. The molecule has 1 saturated heterocycles. The standard InChI is InChI=1S/C30H29Cl2N3O4S2/c1-4-34(5-2)23-12-10-19(26(16-23)39-18-20-9-11-21(31)14-25(20)32)13-27-29(37)35(30(38)41-27)17-28(36)33-22-7-6-8-24(15-22)40-3/h6-16H,4-5,17-18H2,1-3H3,(H,33,36)/b27-13+. The van der Waals surface area contributed by atoms with Crippen LogP contribution in [0.2, 0.25) is 10.0 Å². The maximum atomic E-state index is 13.2. The van der Waals surface area contributed by atoms with E-state index in [0.717, 1.165) is 45.9 Å². The van der Waals surface area contributed by atoms with E-state index >= 15 is 0 Å². The quantitative estimate of drug-likeness (QED) is 0.171. The number of rotatable bonds is 11. The van der Waals surface area contributed by atoms with Gasteiger partial charge in [-0.25, -0.2) is 0 Å². The lowest BCUT2D eigenvalue weighted by Crippen LogP contribution is -2.36. The molecule has 0 bridgehead atoms. The van der Waals surface area contributed by atoms with Crippen LogP contribution in [0.1, 0.15) is 25.0 Å². The average Bonchev–Trinajstić information content (AvgIpc) is 3.21. The summed E-state index contributed by atoms with van der Waals surface area (Å²) in [5.74, 6) is -0.467. The minimum atomic E-state index is -0.535. The van der Waals surface area contributed by atoms with Gasteiger partial charge in [0.15, 0.2) is 0 Å². The van der Waals surface area contributed by atoms with Gasteiger partial charge in [-0.05, 0) is 80.4 Å². The summed E-state index contributed by atoms with van der Waals surface area (Å²) in [6.45, 7) is 5.54. The van der Waals surface area contributed by atoms with E-state index in [0.29, 0.717) is 27.0 Å². The molecule has 0 radical (unpaired) electrons. The van der Waals surface area contributed by atoms with Gasteiger partial charge in [-0.3, -0.25) is 19.3 Å². The van der Waals surface area contributed by atoms with Crippen LogP contribution in [0.25, 0.3) is 6.08 Å². The van der Waals surface area contributed by atoms with Crippen LogP contribution in [0.4, 0.5) is 16.2 Å². The van der Waals surface area contributed by atoms with Crippen LogP contribution in [0.5, 0.6) is 5.75 Å². The molecular formula is C30H29Cl2N3O4S2. The van der Waals surface area contributed by atoms with Crippen molar-refractivity contribution < 1.29 is 19.1 Å². The third-order valence-electron chi connectivity index (χ3n) is 6.34. The summed E-state index contributed by atoms with van der Waals surface area (Å²) in [7, 11) is 0. The molecule has 1 aliphatic heterocycles. The Morgan fingerprint density at radius 2 is 1.85 bits per heavy atom. The number of thioether (sulfide) groups is 2. The number of amides is 3. The number of halogens is 2. The number of nitrogens with zero attached hydrogens (tertiary/aromatic N) is 2. The Bertz CT molecular complexity index is 1490. The van der Waals surface area contributed by atoms with Crippen LogP contribution >= 0.6 is 46.7 Å². The molecule has 3 aromatic rings. The van der Waals surface area contributed by atoms with Gasteiger partial charge in [0.05, 0.1) is 4.91 Å². The number of anilines is 2. The Morgan fingerprint density at radius 1 is 1.07 bits per heavy atom. The number of benzene rings is 3. The van der Waals surface area contributed by atoms with Crippen molar-refractivity contribution in [1.82, 2.24) is 4.90 Å². The van der Waals surface area contributed by atoms with E-state index in [9.17, 15) is 14.4 Å². The second-order valence-electron chi connectivity index (χ2n) is 8.97. The van der Waals surface area contributed by atoms with Crippen molar-refractivity contribution in [3.8, 4) is 5.75 Å². The minimum Gasteiger partial charge on any atom is -0.488 e. The zero-order valence-corrected chi connectivity index (χ0v) is 25.9. The zero-order valence-electron chi connectivity index (χ0n) is 22.8. The Kier molecular flexibility index (Phi) is 10.7. The molecule has 0 aliphatic carbocycles. The van der Waals surface area contributed by atoms with E-state index in [4.69, 9.17) is 27.9 Å². The van der Waals surface area contributed by atoms with E-state index in [1.807, 2.05) is 42.7 Å². The molecule has 41 heavy (non-hydrogen) atoms. The molecule has 4 rings (SSSR count). The molecule has 1 N–H and O–H groups in total. The van der Waals surface area contributed by atoms with Crippen LogP contribution in [0.3, 0.4) is 0 Å². The van der Waals surface area contributed by atoms with Gasteiger partial charge in [0.25, 0.3) is 11.1 Å². The Morgan fingerprint density at radius 3 is 2.56 bits per heavy atom. The molecule has 1 heterocycles. The summed E-state index contributed by atoms with van der Waals surface area (Å²) in [5.41, 5.74) is 2.93. The van der Waals surface area contributed by atoms with Gasteiger partial charge in [-0.15, -0.1) is 11.8 Å². The molecule has 0 aromatic heterocycles. The molecule has 0 atom stereocenters. The van der Waals surface area contributed by atoms with E-state index in [1.54, 1.807) is 42.1 Å². The number of hydrogen-bond acceptors (Lipinski definition) is 7. The maximum Gasteiger partial charge on any atom is 0.294 e. The van der Waals surface area contributed by atoms with Crippen LogP contribution < -0.4 is 15.0 Å². The summed E-state index contributed by atoms with van der Waals surface area (Å²) in [4.78, 5) is 42.9. The van der Waals surface area contributed by atoms with E-state index in [2.05, 4.69) is 24.1 Å². The van der Waals surface area contributed by atoms with Crippen LogP contribution in [0, 0.1) is 0 Å². The van der Waals surface area contributed by atoms with Crippen molar-refractivity contribution >= 4 is 81.2 Å². The fourth-order valence-electron chi connectivity index (χ4n) is 4.17. The number of hydrogen-bond donors (Lipinski definition) is 1. The topological polar surface area (TPSA) is 79.0 Å². The van der Waals surface area contributed by atoms with Crippen molar-refractivity contribution in [2.45, 2.75) is 25.3 Å². The second kappa shape index (κ2) is 14.2. The number of ether oxygens (including phenoxy) is 1. The third kappa shape index (κ3) is 7.80. The van der Waals surface area contributed by atoms with E-state index in [-0.39, 0.29) is 18.1 Å². The van der Waals surface area contributed by atoms with Crippen LogP contribution in [-0.4, -0.2) is 47.8 Å². The van der Waals surface area contributed by atoms with Gasteiger partial charge in [0.1, 0.15) is 18.9 Å². The van der Waals surface area contributed by atoms with Crippen molar-refractivity contribution in [3.63, 3.8) is 0 Å². The first-order chi connectivity index (χ1) is 19.7. The van der Waals surface area contributed by atoms with Crippen LogP contribution in [-0.2, 0) is 16.2 Å². The Hall–Kier alpha value is -3.11. The Labute approximate surface area is 258 Å². The lowest BCUT2D eigenvalue weighted by atomic mass is 10.1. The van der Waals surface area contributed by atoms with Crippen molar-refractivity contribution in [1.29, 1.82) is 0 Å². The molecule has 1 fully saturated rings. The molecule has 0 unspecified atom stereocenters. The molecule has 0 spiro atoms. The van der Waals surface area contributed by atoms with Gasteiger partial charge in [-0.1, -0.05) is 35.3 Å². The molecule has 1 aliphatic rings. The molecule has 11 heteroatoms. The SMILES string of the molecule is CCN(CC)c1ccc(/C=C2/SC(=O)N(CC(=O)Nc3cccc(SC)c3)C2=O)c(OCc2ccc(Cl)cc2Cl)c1. The smallest absolute Gasteiger partial charge is 0.294 e. The predicted molar refractivity (Wildman–Crippen MR) is 170 cm³/mol. The number of carbonyl (C=O) groups is 3. The van der Waals surface area contributed by atoms with Gasteiger partial charge >= 0.3 is 0 Å². The Balaban J connectivity index is 1.55. The summed E-state index contributed by atoms with van der Waals surface area (Å²) < 4.78 is 6.19. The molecular weight excluding hydrogens is 601 g/mol. The fraction of sp³-hybridized carbons (Fsp3) is 0.233. The van der Waals surface area contributed by atoms with Crippen molar-refractivity contribution in [3.05, 3.63) is 86.7 Å². The highest BCUT2D eigenvalue weighted by Gasteiger charge is 2.36. The lowest BCUT2D eigenvalue weighted by molar-refractivity contribution is -0.127. The second-order valence-corrected chi connectivity index (χ2v) is 11.7. The van der Waals surface area contributed by atoms with Crippen molar-refractivity contribution in [2.24, 2.45) is 0 Å². The van der Waals surface area contributed by atoms with E-state index in [1.165, 1.54) is 0 Å². The summed E-state index contributed by atoms with van der Waals surface area (Å²) in [5, 5.41) is 3.26. The van der Waals surface area contributed by atoms with Gasteiger partial charge in [0.2, 0.25) is 5.91 Å². The molecule has 3 aromatic carbocycles. The summed E-state index contributed by atoms with van der Waals surface area (Å²) in [6, 6.07) is 18.2. The van der Waals surface area contributed by atoms with Gasteiger partial charge in [-0.2, -0.15) is 0 Å². The first kappa shape index (κ1) is 30.8. The molecule has 214 valence electrons. The highest BCUT2D eigenvalue weighted by molar-refractivity contribution is 8.18. The maximum absolute atomic E-state index is 13.2. The lowest BCUT2D eigenvalue weighted by Gasteiger charge is -2.22.